The smallest absolute Gasteiger partial charge is 0.220 e. The molecule has 0 aromatic heterocycles. The van der Waals surface area contributed by atoms with Gasteiger partial charge in [0.1, 0.15) is 0 Å². The van der Waals surface area contributed by atoms with Crippen LogP contribution in [0.15, 0.2) is 24.3 Å². The quantitative estimate of drug-likeness (QED) is 0.919. The number of rotatable bonds is 4. The van der Waals surface area contributed by atoms with Crippen LogP contribution < -0.4 is 10.2 Å². The number of nitrogens with one attached hydrogen (secondary N) is 1. The van der Waals surface area contributed by atoms with Gasteiger partial charge in [0.05, 0.1) is 0 Å². The highest BCUT2D eigenvalue weighted by Gasteiger charge is 2.24. The summed E-state index contributed by atoms with van der Waals surface area (Å²) in [5.41, 5.74) is 1.26. The molecule has 1 atom stereocenters. The maximum absolute atomic E-state index is 11.9. The molecule has 1 aliphatic rings. The average molecular weight is 309 g/mol. The molecule has 116 valence electrons. The van der Waals surface area contributed by atoms with Gasteiger partial charge in [0.2, 0.25) is 5.91 Å². The summed E-state index contributed by atoms with van der Waals surface area (Å²) >= 11 is 5.92. The number of halogens is 1. The first kappa shape index (κ1) is 16.2. The van der Waals surface area contributed by atoms with Gasteiger partial charge in [-0.3, -0.25) is 4.79 Å². The third-order valence-electron chi connectivity index (χ3n) is 3.76. The van der Waals surface area contributed by atoms with E-state index in [1.165, 1.54) is 5.69 Å². The molecule has 21 heavy (non-hydrogen) atoms. The minimum Gasteiger partial charge on any atom is -0.371 e. The van der Waals surface area contributed by atoms with E-state index in [2.05, 4.69) is 43.1 Å². The van der Waals surface area contributed by atoms with E-state index in [1.54, 1.807) is 0 Å². The van der Waals surface area contributed by atoms with Crippen LogP contribution in [0.4, 0.5) is 5.69 Å². The molecule has 2 rings (SSSR count). The Morgan fingerprint density at radius 1 is 1.33 bits per heavy atom. The molecule has 0 saturated carbocycles. The molecule has 3 nitrogen and oxygen atoms in total. The molecule has 1 aliphatic heterocycles. The molecule has 1 unspecified atom stereocenters. The fraction of sp³-hybridized carbons (Fsp3) is 0.588. The lowest BCUT2D eigenvalue weighted by Gasteiger charge is -2.20. The third kappa shape index (κ3) is 5.24. The lowest BCUT2D eigenvalue weighted by molar-refractivity contribution is -0.122. The Morgan fingerprint density at radius 3 is 2.62 bits per heavy atom. The maximum Gasteiger partial charge on any atom is 0.220 e. The van der Waals surface area contributed by atoms with Crippen molar-refractivity contribution >= 4 is 23.2 Å². The predicted octanol–water partition coefficient (Wildman–Crippen LogP) is 3.72. The summed E-state index contributed by atoms with van der Waals surface area (Å²) in [7, 11) is 0. The van der Waals surface area contributed by atoms with Gasteiger partial charge in [0, 0.05) is 36.8 Å². The van der Waals surface area contributed by atoms with E-state index in [0.29, 0.717) is 12.3 Å². The second-order valence-corrected chi connectivity index (χ2v) is 7.56. The van der Waals surface area contributed by atoms with Gasteiger partial charge in [-0.05, 0) is 42.0 Å². The van der Waals surface area contributed by atoms with Crippen LogP contribution in [-0.2, 0) is 4.79 Å². The normalized spacial score (nSPS) is 18.9. The Bertz CT molecular complexity index is 479. The van der Waals surface area contributed by atoms with Crippen LogP contribution in [0, 0.1) is 11.3 Å². The van der Waals surface area contributed by atoms with Crippen LogP contribution in [0.5, 0.6) is 0 Å². The van der Waals surface area contributed by atoms with E-state index in [4.69, 9.17) is 11.6 Å². The molecule has 1 aromatic rings. The SMILES string of the molecule is CC(C)(C)CC(=O)NCC1CCN(c2ccc(Cl)cc2)C1. The Labute approximate surface area is 132 Å². The summed E-state index contributed by atoms with van der Waals surface area (Å²) in [5.74, 6) is 0.692. The molecule has 0 radical (unpaired) electrons. The first-order chi connectivity index (χ1) is 9.83. The molecule has 0 bridgehead atoms. The number of hydrogen-bond donors (Lipinski definition) is 1. The van der Waals surface area contributed by atoms with Crippen molar-refractivity contribution in [2.75, 3.05) is 24.5 Å². The zero-order valence-electron chi connectivity index (χ0n) is 13.2. The fourth-order valence-electron chi connectivity index (χ4n) is 2.69. The average Bonchev–Trinajstić information content (AvgIpc) is 2.84. The molecule has 1 fully saturated rings. The first-order valence-corrected chi connectivity index (χ1v) is 7.98. The van der Waals surface area contributed by atoms with Crippen molar-refractivity contribution in [3.05, 3.63) is 29.3 Å². The van der Waals surface area contributed by atoms with Gasteiger partial charge in [-0.15, -0.1) is 0 Å². The van der Waals surface area contributed by atoms with Gasteiger partial charge in [0.25, 0.3) is 0 Å². The molecule has 1 saturated heterocycles. The number of amides is 1. The van der Waals surface area contributed by atoms with Crippen LogP contribution in [-0.4, -0.2) is 25.5 Å². The maximum atomic E-state index is 11.9. The summed E-state index contributed by atoms with van der Waals surface area (Å²) in [4.78, 5) is 14.2. The van der Waals surface area contributed by atoms with Crippen LogP contribution in [0.25, 0.3) is 0 Å². The lowest BCUT2D eigenvalue weighted by Crippen LogP contribution is -2.33. The topological polar surface area (TPSA) is 32.3 Å². The number of benzene rings is 1. The van der Waals surface area contributed by atoms with Crippen molar-refractivity contribution in [2.45, 2.75) is 33.6 Å². The van der Waals surface area contributed by atoms with Crippen LogP contribution in [0.1, 0.15) is 33.6 Å². The highest BCUT2D eigenvalue weighted by Crippen LogP contribution is 2.25. The van der Waals surface area contributed by atoms with Gasteiger partial charge in [-0.1, -0.05) is 32.4 Å². The van der Waals surface area contributed by atoms with Crippen molar-refractivity contribution in [3.63, 3.8) is 0 Å². The van der Waals surface area contributed by atoms with Crippen LogP contribution in [0.3, 0.4) is 0 Å². The van der Waals surface area contributed by atoms with E-state index in [-0.39, 0.29) is 11.3 Å². The second-order valence-electron chi connectivity index (χ2n) is 7.12. The Morgan fingerprint density at radius 2 is 2.00 bits per heavy atom. The molecule has 0 spiro atoms. The highest BCUT2D eigenvalue weighted by atomic mass is 35.5. The lowest BCUT2D eigenvalue weighted by atomic mass is 9.92. The van der Waals surface area contributed by atoms with Crippen molar-refractivity contribution in [3.8, 4) is 0 Å². The number of anilines is 1. The van der Waals surface area contributed by atoms with Crippen molar-refractivity contribution < 1.29 is 4.79 Å². The summed E-state index contributed by atoms with van der Waals surface area (Å²) in [6, 6.07) is 7.97. The largest absolute Gasteiger partial charge is 0.371 e. The van der Waals surface area contributed by atoms with Gasteiger partial charge in [0.15, 0.2) is 0 Å². The summed E-state index contributed by atoms with van der Waals surface area (Å²) in [5, 5.41) is 3.84. The number of hydrogen-bond acceptors (Lipinski definition) is 2. The summed E-state index contributed by atoms with van der Waals surface area (Å²) in [6.07, 6.45) is 1.71. The monoisotopic (exact) mass is 308 g/mol. The third-order valence-corrected chi connectivity index (χ3v) is 4.01. The van der Waals surface area contributed by atoms with Gasteiger partial charge >= 0.3 is 0 Å². The highest BCUT2D eigenvalue weighted by molar-refractivity contribution is 6.30. The van der Waals surface area contributed by atoms with Crippen molar-refractivity contribution in [2.24, 2.45) is 11.3 Å². The van der Waals surface area contributed by atoms with Crippen molar-refractivity contribution in [1.82, 2.24) is 5.32 Å². The van der Waals surface area contributed by atoms with Crippen LogP contribution in [0.2, 0.25) is 5.02 Å². The van der Waals surface area contributed by atoms with Gasteiger partial charge in [-0.2, -0.15) is 0 Å². The Kier molecular flexibility index (Phi) is 5.15. The second kappa shape index (κ2) is 6.69. The Balaban J connectivity index is 1.78. The first-order valence-electron chi connectivity index (χ1n) is 7.61. The van der Waals surface area contributed by atoms with E-state index in [1.807, 2.05) is 12.1 Å². The minimum atomic E-state index is 0.0507. The fourth-order valence-corrected chi connectivity index (χ4v) is 2.81. The molecular weight excluding hydrogens is 284 g/mol. The number of carbonyl (C=O) groups excluding carboxylic acids is 1. The predicted molar refractivity (Wildman–Crippen MR) is 88.9 cm³/mol. The zero-order valence-corrected chi connectivity index (χ0v) is 13.9. The number of carbonyl (C=O) groups is 1. The molecule has 1 aromatic carbocycles. The standard InChI is InChI=1S/C17H25ClN2O/c1-17(2,3)10-16(21)19-11-13-8-9-20(12-13)15-6-4-14(18)5-7-15/h4-7,13H,8-12H2,1-3H3,(H,19,21). The van der Waals surface area contributed by atoms with Gasteiger partial charge in [-0.25, -0.2) is 0 Å². The van der Waals surface area contributed by atoms with E-state index < -0.39 is 0 Å². The minimum absolute atomic E-state index is 0.0507. The molecule has 1 heterocycles. The molecule has 0 aliphatic carbocycles. The summed E-state index contributed by atoms with van der Waals surface area (Å²) in [6.45, 7) is 9.08. The molecular formula is C17H25ClN2O. The molecule has 4 heteroatoms. The van der Waals surface area contributed by atoms with E-state index in [0.717, 1.165) is 31.1 Å². The zero-order chi connectivity index (χ0) is 15.5. The number of nitrogens with zero attached hydrogens (tertiary/aromatic N) is 1. The van der Waals surface area contributed by atoms with E-state index >= 15 is 0 Å². The Hall–Kier alpha value is -1.22. The summed E-state index contributed by atoms with van der Waals surface area (Å²) < 4.78 is 0. The van der Waals surface area contributed by atoms with Crippen LogP contribution >= 0.6 is 11.6 Å². The van der Waals surface area contributed by atoms with E-state index in [9.17, 15) is 4.79 Å². The van der Waals surface area contributed by atoms with Crippen molar-refractivity contribution in [1.29, 1.82) is 0 Å². The van der Waals surface area contributed by atoms with Gasteiger partial charge < -0.3 is 10.2 Å². The molecule has 1 N–H and O–H groups in total. The molecule has 1 amide bonds.